The lowest BCUT2D eigenvalue weighted by atomic mass is 10.1. The third kappa shape index (κ3) is 6.90. The highest BCUT2D eigenvalue weighted by Crippen LogP contribution is 2.46. The SMILES string of the molecule is COC1C(COP(=O)(N[C@@H](C)C(=O)OC(C)C)Oc2ccccc2)O[C@@H](n2ccc(=O)[nH]c2=O)C1O. The molecule has 0 bridgehead atoms. The molecular weight excluding hydrogens is 497 g/mol. The number of hydrogen-bond donors (Lipinski definition) is 3. The van der Waals surface area contributed by atoms with Crippen LogP contribution in [0, 0.1) is 0 Å². The van der Waals surface area contributed by atoms with E-state index >= 15 is 0 Å². The van der Waals surface area contributed by atoms with Crippen LogP contribution in [0.1, 0.15) is 27.0 Å². The van der Waals surface area contributed by atoms with Crippen molar-refractivity contribution in [3.8, 4) is 5.75 Å². The molecule has 1 aromatic carbocycles. The van der Waals surface area contributed by atoms with Crippen molar-refractivity contribution >= 4 is 13.7 Å². The summed E-state index contributed by atoms with van der Waals surface area (Å²) in [6.45, 7) is 4.40. The van der Waals surface area contributed by atoms with Crippen LogP contribution in [0.4, 0.5) is 0 Å². The number of aromatic nitrogens is 2. The number of benzene rings is 1. The van der Waals surface area contributed by atoms with Crippen LogP contribution in [0.2, 0.25) is 0 Å². The van der Waals surface area contributed by atoms with Gasteiger partial charge in [-0.05, 0) is 32.9 Å². The van der Waals surface area contributed by atoms with Crippen LogP contribution in [0.25, 0.3) is 0 Å². The maximum Gasteiger partial charge on any atom is 0.459 e. The number of aromatic amines is 1. The largest absolute Gasteiger partial charge is 0.462 e. The predicted octanol–water partition coefficient (Wildman–Crippen LogP) is 0.943. The van der Waals surface area contributed by atoms with E-state index in [0.29, 0.717) is 0 Å². The molecule has 3 rings (SSSR count). The van der Waals surface area contributed by atoms with Crippen molar-refractivity contribution < 1.29 is 37.7 Å². The van der Waals surface area contributed by atoms with E-state index in [1.807, 2.05) is 0 Å². The molecule has 4 unspecified atom stereocenters. The summed E-state index contributed by atoms with van der Waals surface area (Å²) >= 11 is 0. The van der Waals surface area contributed by atoms with Gasteiger partial charge in [-0.3, -0.25) is 23.7 Å². The van der Waals surface area contributed by atoms with Gasteiger partial charge >= 0.3 is 19.4 Å². The molecular formula is C22H30N3O10P. The van der Waals surface area contributed by atoms with Crippen LogP contribution in [-0.4, -0.2) is 64.8 Å². The molecule has 14 heteroatoms. The van der Waals surface area contributed by atoms with Crippen molar-refractivity contribution in [3.63, 3.8) is 0 Å². The Morgan fingerprint density at radius 1 is 1.22 bits per heavy atom. The van der Waals surface area contributed by atoms with Crippen LogP contribution < -0.4 is 20.9 Å². The lowest BCUT2D eigenvalue weighted by Crippen LogP contribution is -2.39. The summed E-state index contributed by atoms with van der Waals surface area (Å²) in [5, 5.41) is 13.3. The molecule has 0 aliphatic carbocycles. The van der Waals surface area contributed by atoms with Crippen LogP contribution in [0.15, 0.2) is 52.2 Å². The summed E-state index contributed by atoms with van der Waals surface area (Å²) in [6.07, 6.45) is -3.73. The van der Waals surface area contributed by atoms with E-state index < -0.39 is 62.2 Å². The van der Waals surface area contributed by atoms with Crippen LogP contribution in [0.3, 0.4) is 0 Å². The number of carbonyl (C=O) groups is 1. The minimum atomic E-state index is -4.20. The molecule has 0 saturated carbocycles. The minimum Gasteiger partial charge on any atom is -0.462 e. The average molecular weight is 527 g/mol. The lowest BCUT2D eigenvalue weighted by molar-refractivity contribution is -0.149. The van der Waals surface area contributed by atoms with E-state index in [0.717, 1.165) is 10.6 Å². The van der Waals surface area contributed by atoms with E-state index in [1.54, 1.807) is 44.2 Å². The van der Waals surface area contributed by atoms with Gasteiger partial charge in [0.25, 0.3) is 5.56 Å². The Bertz CT molecular complexity index is 1180. The number of aliphatic hydroxyl groups excluding tert-OH is 1. The normalized spacial score (nSPS) is 24.3. The zero-order chi connectivity index (χ0) is 26.5. The molecule has 36 heavy (non-hydrogen) atoms. The maximum atomic E-state index is 13.6. The molecule has 1 aliphatic heterocycles. The Morgan fingerprint density at radius 2 is 1.92 bits per heavy atom. The zero-order valence-corrected chi connectivity index (χ0v) is 21.1. The fourth-order valence-electron chi connectivity index (χ4n) is 3.51. The molecule has 1 aliphatic rings. The first-order valence-electron chi connectivity index (χ1n) is 11.2. The van der Waals surface area contributed by atoms with Gasteiger partial charge in [0.15, 0.2) is 6.23 Å². The van der Waals surface area contributed by atoms with Gasteiger partial charge in [0.1, 0.15) is 30.1 Å². The number of H-pyrrole nitrogens is 1. The Hall–Kier alpha value is -2.80. The summed E-state index contributed by atoms with van der Waals surface area (Å²) in [5.74, 6) is -0.448. The Labute approximate surface area is 206 Å². The zero-order valence-electron chi connectivity index (χ0n) is 20.2. The third-order valence-corrected chi connectivity index (χ3v) is 6.79. The number of aliphatic hydroxyl groups is 1. The quantitative estimate of drug-likeness (QED) is 0.281. The van der Waals surface area contributed by atoms with E-state index in [-0.39, 0.29) is 11.9 Å². The number of carbonyl (C=O) groups excluding carboxylic acids is 1. The number of methoxy groups -OCH3 is 1. The van der Waals surface area contributed by atoms with Crippen molar-refractivity contribution in [1.82, 2.24) is 14.6 Å². The van der Waals surface area contributed by atoms with Gasteiger partial charge in [-0.25, -0.2) is 9.36 Å². The molecule has 1 saturated heterocycles. The summed E-state index contributed by atoms with van der Waals surface area (Å²) in [5.41, 5.74) is -1.40. The summed E-state index contributed by atoms with van der Waals surface area (Å²) in [4.78, 5) is 37.9. The predicted molar refractivity (Wildman–Crippen MR) is 126 cm³/mol. The monoisotopic (exact) mass is 527 g/mol. The smallest absolute Gasteiger partial charge is 0.459 e. The second kappa shape index (κ2) is 12.0. The average Bonchev–Trinajstić information content (AvgIpc) is 3.13. The molecule has 13 nitrogen and oxygen atoms in total. The van der Waals surface area contributed by atoms with Gasteiger partial charge in [0.2, 0.25) is 0 Å². The van der Waals surface area contributed by atoms with Gasteiger partial charge < -0.3 is 23.8 Å². The number of nitrogens with one attached hydrogen (secondary N) is 2. The van der Waals surface area contributed by atoms with Crippen molar-refractivity contribution in [2.45, 2.75) is 57.5 Å². The highest BCUT2D eigenvalue weighted by Gasteiger charge is 2.47. The van der Waals surface area contributed by atoms with Gasteiger partial charge in [-0.15, -0.1) is 0 Å². The fraction of sp³-hybridized carbons (Fsp3) is 0.500. The van der Waals surface area contributed by atoms with Gasteiger partial charge in [0.05, 0.1) is 12.7 Å². The van der Waals surface area contributed by atoms with Crippen LogP contribution >= 0.6 is 7.75 Å². The molecule has 1 aromatic heterocycles. The molecule has 2 aromatic rings. The maximum absolute atomic E-state index is 13.6. The van der Waals surface area contributed by atoms with Crippen molar-refractivity contribution in [3.05, 3.63) is 63.4 Å². The van der Waals surface area contributed by atoms with Crippen LogP contribution in [-0.2, 0) is 28.1 Å². The van der Waals surface area contributed by atoms with E-state index in [2.05, 4.69) is 10.1 Å². The molecule has 0 amide bonds. The van der Waals surface area contributed by atoms with Crippen molar-refractivity contribution in [2.24, 2.45) is 0 Å². The number of ether oxygens (including phenoxy) is 3. The third-order valence-electron chi connectivity index (χ3n) is 5.14. The van der Waals surface area contributed by atoms with Gasteiger partial charge in [0, 0.05) is 19.4 Å². The second-order valence-electron chi connectivity index (χ2n) is 8.31. The summed E-state index contributed by atoms with van der Waals surface area (Å²) in [7, 11) is -2.87. The highest BCUT2D eigenvalue weighted by atomic mass is 31.2. The number of hydrogen-bond acceptors (Lipinski definition) is 10. The molecule has 2 heterocycles. The Morgan fingerprint density at radius 3 is 2.53 bits per heavy atom. The number of nitrogens with zero attached hydrogens (tertiary/aromatic N) is 1. The van der Waals surface area contributed by atoms with Crippen molar-refractivity contribution in [2.75, 3.05) is 13.7 Å². The first-order chi connectivity index (χ1) is 17.0. The summed E-state index contributed by atoms with van der Waals surface area (Å²) in [6, 6.07) is 8.24. The number of para-hydroxylation sites is 1. The van der Waals surface area contributed by atoms with Crippen molar-refractivity contribution in [1.29, 1.82) is 0 Å². The Balaban J connectivity index is 1.79. The molecule has 1 fully saturated rings. The Kier molecular flexibility index (Phi) is 9.23. The van der Waals surface area contributed by atoms with E-state index in [4.69, 9.17) is 23.3 Å². The first-order valence-corrected chi connectivity index (χ1v) is 12.7. The second-order valence-corrected chi connectivity index (χ2v) is 10.0. The van der Waals surface area contributed by atoms with E-state index in [9.17, 15) is 24.1 Å². The fourth-order valence-corrected chi connectivity index (χ4v) is 5.01. The first kappa shape index (κ1) is 27.8. The standard InChI is InChI=1S/C22H30N3O10P/c1-13(2)33-21(28)14(3)24-36(30,35-15-8-6-5-7-9-15)32-12-16-19(31-4)18(27)20(34-16)25-11-10-17(26)23-22(25)29/h5-11,13-14,16,18-20,27H,12H2,1-4H3,(H,24,30)(H,23,26,29)/t14-,16?,18?,19?,20+,36?/m0/s1. The lowest BCUT2D eigenvalue weighted by Gasteiger charge is -2.25. The van der Waals surface area contributed by atoms with Crippen LogP contribution in [0.5, 0.6) is 5.75 Å². The van der Waals surface area contributed by atoms with E-state index in [1.165, 1.54) is 20.2 Å². The molecule has 198 valence electrons. The topological polar surface area (TPSA) is 167 Å². The van der Waals surface area contributed by atoms with Gasteiger partial charge in [-0.2, -0.15) is 5.09 Å². The molecule has 6 atom stereocenters. The number of rotatable bonds is 11. The minimum absolute atomic E-state index is 0.214. The summed E-state index contributed by atoms with van der Waals surface area (Å²) < 4.78 is 42.1. The molecule has 0 spiro atoms. The number of esters is 1. The van der Waals surface area contributed by atoms with Gasteiger partial charge in [-0.1, -0.05) is 18.2 Å². The molecule has 0 radical (unpaired) electrons. The molecule has 3 N–H and O–H groups in total. The highest BCUT2D eigenvalue weighted by molar-refractivity contribution is 7.52.